The lowest BCUT2D eigenvalue weighted by Crippen LogP contribution is -2.16. The standard InChI is InChI=1S/C12H22N4O2/c1-17-5-2-4-13-7-12-9-16(15-14-12)8-11-3-6-18-10-11/h9,11,13H,2-8,10H2,1H3. The van der Waals surface area contributed by atoms with Crippen molar-refractivity contribution < 1.29 is 9.47 Å². The van der Waals surface area contributed by atoms with E-state index in [0.29, 0.717) is 5.92 Å². The maximum absolute atomic E-state index is 5.35. The van der Waals surface area contributed by atoms with E-state index in [4.69, 9.17) is 9.47 Å². The van der Waals surface area contributed by atoms with E-state index in [-0.39, 0.29) is 0 Å². The molecule has 1 atom stereocenters. The van der Waals surface area contributed by atoms with Gasteiger partial charge in [0.05, 0.1) is 12.3 Å². The molecule has 1 N–H and O–H groups in total. The van der Waals surface area contributed by atoms with Crippen LogP contribution in [0.1, 0.15) is 18.5 Å². The van der Waals surface area contributed by atoms with Gasteiger partial charge in [0, 0.05) is 45.5 Å². The van der Waals surface area contributed by atoms with Crippen LogP contribution in [0, 0.1) is 5.92 Å². The first-order valence-electron chi connectivity index (χ1n) is 6.55. The van der Waals surface area contributed by atoms with Crippen molar-refractivity contribution in [3.05, 3.63) is 11.9 Å². The Morgan fingerprint density at radius 2 is 2.56 bits per heavy atom. The van der Waals surface area contributed by atoms with E-state index in [1.165, 1.54) is 0 Å². The molecule has 1 aliphatic heterocycles. The monoisotopic (exact) mass is 254 g/mol. The number of nitrogens with zero attached hydrogens (tertiary/aromatic N) is 3. The van der Waals surface area contributed by atoms with Crippen molar-refractivity contribution in [1.82, 2.24) is 20.3 Å². The zero-order valence-corrected chi connectivity index (χ0v) is 11.0. The van der Waals surface area contributed by atoms with Gasteiger partial charge in [-0.25, -0.2) is 0 Å². The molecule has 0 bridgehead atoms. The predicted molar refractivity (Wildman–Crippen MR) is 67.1 cm³/mol. The fraction of sp³-hybridized carbons (Fsp3) is 0.833. The second-order valence-corrected chi connectivity index (χ2v) is 4.68. The molecule has 0 saturated carbocycles. The minimum Gasteiger partial charge on any atom is -0.385 e. The Kier molecular flexibility index (Phi) is 5.57. The molecule has 2 heterocycles. The molecule has 1 aromatic heterocycles. The third-order valence-corrected chi connectivity index (χ3v) is 3.06. The van der Waals surface area contributed by atoms with Gasteiger partial charge in [0.1, 0.15) is 0 Å². The van der Waals surface area contributed by atoms with Crippen molar-refractivity contribution in [2.75, 3.05) is 33.5 Å². The maximum atomic E-state index is 5.35. The summed E-state index contributed by atoms with van der Waals surface area (Å²) in [5.74, 6) is 0.592. The molecule has 0 amide bonds. The second-order valence-electron chi connectivity index (χ2n) is 4.68. The molecule has 102 valence electrons. The number of hydrogen-bond acceptors (Lipinski definition) is 5. The molecule has 0 radical (unpaired) electrons. The van der Waals surface area contributed by atoms with E-state index in [9.17, 15) is 0 Å². The predicted octanol–water partition coefficient (Wildman–Crippen LogP) is 0.441. The fourth-order valence-electron chi connectivity index (χ4n) is 2.06. The van der Waals surface area contributed by atoms with Crippen LogP contribution in [-0.2, 0) is 22.6 Å². The third-order valence-electron chi connectivity index (χ3n) is 3.06. The lowest BCUT2D eigenvalue weighted by atomic mass is 10.1. The highest BCUT2D eigenvalue weighted by Crippen LogP contribution is 2.14. The van der Waals surface area contributed by atoms with Crippen LogP contribution in [0.15, 0.2) is 6.20 Å². The zero-order chi connectivity index (χ0) is 12.6. The summed E-state index contributed by atoms with van der Waals surface area (Å²) < 4.78 is 12.3. The average Bonchev–Trinajstić information content (AvgIpc) is 3.02. The van der Waals surface area contributed by atoms with Gasteiger partial charge in [-0.3, -0.25) is 4.68 Å². The Balaban J connectivity index is 1.65. The maximum Gasteiger partial charge on any atom is 0.0964 e. The van der Waals surface area contributed by atoms with Gasteiger partial charge in [-0.05, 0) is 19.4 Å². The van der Waals surface area contributed by atoms with Crippen molar-refractivity contribution in [2.24, 2.45) is 5.92 Å². The van der Waals surface area contributed by atoms with Gasteiger partial charge < -0.3 is 14.8 Å². The molecule has 1 aliphatic rings. The summed E-state index contributed by atoms with van der Waals surface area (Å²) in [5, 5.41) is 11.6. The van der Waals surface area contributed by atoms with Crippen molar-refractivity contribution >= 4 is 0 Å². The Bertz CT molecular complexity index is 337. The molecule has 2 rings (SSSR count). The number of aromatic nitrogens is 3. The van der Waals surface area contributed by atoms with Gasteiger partial charge in [-0.2, -0.15) is 0 Å². The molecule has 1 aromatic rings. The second kappa shape index (κ2) is 7.45. The van der Waals surface area contributed by atoms with Crippen LogP contribution < -0.4 is 5.32 Å². The first kappa shape index (κ1) is 13.5. The fourth-order valence-corrected chi connectivity index (χ4v) is 2.06. The van der Waals surface area contributed by atoms with Gasteiger partial charge in [0.15, 0.2) is 0 Å². The highest BCUT2D eigenvalue weighted by atomic mass is 16.5. The van der Waals surface area contributed by atoms with Crippen LogP contribution in [0.4, 0.5) is 0 Å². The summed E-state index contributed by atoms with van der Waals surface area (Å²) in [5.41, 5.74) is 0.992. The van der Waals surface area contributed by atoms with Gasteiger partial charge >= 0.3 is 0 Å². The van der Waals surface area contributed by atoms with Gasteiger partial charge in [0.25, 0.3) is 0 Å². The molecular weight excluding hydrogens is 232 g/mol. The van der Waals surface area contributed by atoms with E-state index in [2.05, 4.69) is 15.6 Å². The third kappa shape index (κ3) is 4.36. The lowest BCUT2D eigenvalue weighted by molar-refractivity contribution is 0.181. The molecule has 18 heavy (non-hydrogen) atoms. The molecule has 1 unspecified atom stereocenters. The molecule has 0 aliphatic carbocycles. The average molecular weight is 254 g/mol. The van der Waals surface area contributed by atoms with E-state index >= 15 is 0 Å². The number of hydrogen-bond donors (Lipinski definition) is 1. The van der Waals surface area contributed by atoms with E-state index in [1.807, 2.05) is 10.9 Å². The summed E-state index contributed by atoms with van der Waals surface area (Å²) in [7, 11) is 1.72. The van der Waals surface area contributed by atoms with Crippen molar-refractivity contribution in [3.63, 3.8) is 0 Å². The first-order chi connectivity index (χ1) is 8.88. The summed E-state index contributed by atoms with van der Waals surface area (Å²) in [6.45, 7) is 5.15. The topological polar surface area (TPSA) is 61.2 Å². The van der Waals surface area contributed by atoms with Crippen LogP contribution in [0.3, 0.4) is 0 Å². The highest BCUT2D eigenvalue weighted by Gasteiger charge is 2.16. The quantitative estimate of drug-likeness (QED) is 0.682. The molecule has 0 aromatic carbocycles. The van der Waals surface area contributed by atoms with E-state index in [0.717, 1.165) is 58.0 Å². The Morgan fingerprint density at radius 3 is 3.33 bits per heavy atom. The molecule has 6 heteroatoms. The van der Waals surface area contributed by atoms with Crippen molar-refractivity contribution in [1.29, 1.82) is 0 Å². The van der Waals surface area contributed by atoms with Crippen LogP contribution >= 0.6 is 0 Å². The van der Waals surface area contributed by atoms with E-state index in [1.54, 1.807) is 7.11 Å². The Hall–Kier alpha value is -0.980. The Labute approximate surface area is 108 Å². The van der Waals surface area contributed by atoms with Crippen LogP contribution in [0.5, 0.6) is 0 Å². The van der Waals surface area contributed by atoms with Crippen molar-refractivity contribution in [2.45, 2.75) is 25.9 Å². The number of ether oxygens (including phenoxy) is 2. The van der Waals surface area contributed by atoms with Gasteiger partial charge in [-0.1, -0.05) is 5.21 Å². The van der Waals surface area contributed by atoms with E-state index < -0.39 is 0 Å². The molecular formula is C12H22N4O2. The minimum atomic E-state index is 0.592. The van der Waals surface area contributed by atoms with Crippen LogP contribution in [-0.4, -0.2) is 48.5 Å². The number of nitrogens with one attached hydrogen (secondary N) is 1. The normalized spacial score (nSPS) is 19.5. The number of rotatable bonds is 8. The van der Waals surface area contributed by atoms with Crippen LogP contribution in [0.25, 0.3) is 0 Å². The summed E-state index contributed by atoms with van der Waals surface area (Å²) in [4.78, 5) is 0. The van der Waals surface area contributed by atoms with Crippen LogP contribution in [0.2, 0.25) is 0 Å². The lowest BCUT2D eigenvalue weighted by Gasteiger charge is -2.05. The smallest absolute Gasteiger partial charge is 0.0964 e. The highest BCUT2D eigenvalue weighted by molar-refractivity contribution is 4.91. The van der Waals surface area contributed by atoms with Gasteiger partial charge in [-0.15, -0.1) is 5.10 Å². The van der Waals surface area contributed by atoms with Crippen molar-refractivity contribution in [3.8, 4) is 0 Å². The molecule has 6 nitrogen and oxygen atoms in total. The Morgan fingerprint density at radius 1 is 1.61 bits per heavy atom. The largest absolute Gasteiger partial charge is 0.385 e. The molecule has 1 fully saturated rings. The number of methoxy groups -OCH3 is 1. The first-order valence-corrected chi connectivity index (χ1v) is 6.55. The molecule has 1 saturated heterocycles. The molecule has 0 spiro atoms. The summed E-state index contributed by atoms with van der Waals surface area (Å²) in [6, 6.07) is 0. The van der Waals surface area contributed by atoms with Gasteiger partial charge in [0.2, 0.25) is 0 Å². The SMILES string of the molecule is COCCCNCc1cn(CC2CCOC2)nn1. The summed E-state index contributed by atoms with van der Waals surface area (Å²) in [6.07, 6.45) is 4.16. The summed E-state index contributed by atoms with van der Waals surface area (Å²) >= 11 is 0. The zero-order valence-electron chi connectivity index (χ0n) is 11.0. The minimum absolute atomic E-state index is 0.592.